The molecule has 0 radical (unpaired) electrons. The highest BCUT2D eigenvalue weighted by Gasteiger charge is 2.26. The minimum Gasteiger partial charge on any atom is -0.370 e. The van der Waals surface area contributed by atoms with Crippen molar-refractivity contribution in [3.05, 3.63) is 54.1 Å². The lowest BCUT2D eigenvalue weighted by atomic mass is 9.85. The topological polar surface area (TPSA) is 30.3 Å². The van der Waals surface area contributed by atoms with Gasteiger partial charge in [-0.25, -0.2) is 0 Å². The van der Waals surface area contributed by atoms with Crippen LogP contribution in [0.1, 0.15) is 30.5 Å². The smallest absolute Gasteiger partial charge is 0.0885 e. The fourth-order valence-corrected chi connectivity index (χ4v) is 3.61. The third kappa shape index (κ3) is 3.65. The maximum Gasteiger partial charge on any atom is 0.0885 e. The van der Waals surface area contributed by atoms with Gasteiger partial charge in [-0.1, -0.05) is 6.42 Å². The Morgan fingerprint density at radius 2 is 2.00 bits per heavy atom. The fourth-order valence-electron chi connectivity index (χ4n) is 3.61. The van der Waals surface area contributed by atoms with Crippen LogP contribution in [0.5, 0.6) is 0 Å². The second kappa shape index (κ2) is 6.85. The third-order valence-electron chi connectivity index (χ3n) is 5.15. The SMILES string of the molecule is c1cc2n(c1)C[C@@H](OCc1ccncc1)CN(CC1CCC1)C2. The second-order valence-corrected chi connectivity index (χ2v) is 6.93. The van der Waals surface area contributed by atoms with E-state index in [2.05, 4.69) is 32.8 Å². The predicted octanol–water partition coefficient (Wildman–Crippen LogP) is 3.08. The molecule has 4 nitrogen and oxygen atoms in total. The normalized spacial score (nSPS) is 22.3. The summed E-state index contributed by atoms with van der Waals surface area (Å²) in [4.78, 5) is 6.67. The standard InChI is InChI=1S/C19H25N3O/c1-3-16(4-1)11-21-12-18-5-2-10-22(18)14-19(13-21)23-15-17-6-8-20-9-7-17/h2,5-10,16,19H,1,3-4,11-15H2/t19-/m0/s1. The van der Waals surface area contributed by atoms with Crippen LogP contribution in [-0.4, -0.2) is 33.6 Å². The number of ether oxygens (including phenoxy) is 1. The molecule has 0 N–H and O–H groups in total. The number of hydrogen-bond acceptors (Lipinski definition) is 3. The quantitative estimate of drug-likeness (QED) is 0.850. The minimum atomic E-state index is 0.247. The maximum absolute atomic E-state index is 6.25. The summed E-state index contributed by atoms with van der Waals surface area (Å²) in [5.41, 5.74) is 2.61. The van der Waals surface area contributed by atoms with Gasteiger partial charge in [-0.15, -0.1) is 0 Å². The molecule has 0 aromatic carbocycles. The van der Waals surface area contributed by atoms with Crippen molar-refractivity contribution in [1.29, 1.82) is 0 Å². The molecular weight excluding hydrogens is 286 g/mol. The zero-order valence-electron chi connectivity index (χ0n) is 13.6. The Kier molecular flexibility index (Phi) is 4.44. The Morgan fingerprint density at radius 1 is 1.13 bits per heavy atom. The van der Waals surface area contributed by atoms with Gasteiger partial charge < -0.3 is 9.30 Å². The molecule has 4 heteroatoms. The lowest BCUT2D eigenvalue weighted by Crippen LogP contribution is -2.37. The van der Waals surface area contributed by atoms with E-state index in [1.54, 1.807) is 0 Å². The van der Waals surface area contributed by atoms with Crippen molar-refractivity contribution in [2.24, 2.45) is 5.92 Å². The highest BCUT2D eigenvalue weighted by molar-refractivity contribution is 5.10. The van der Waals surface area contributed by atoms with Gasteiger partial charge in [-0.2, -0.15) is 0 Å². The number of fused-ring (bicyclic) bond motifs is 1. The molecule has 2 aromatic heterocycles. The highest BCUT2D eigenvalue weighted by Crippen LogP contribution is 2.28. The Morgan fingerprint density at radius 3 is 2.78 bits per heavy atom. The van der Waals surface area contributed by atoms with Gasteiger partial charge in [-0.05, 0) is 48.6 Å². The largest absolute Gasteiger partial charge is 0.370 e. The predicted molar refractivity (Wildman–Crippen MR) is 89.9 cm³/mol. The Hall–Kier alpha value is -1.65. The second-order valence-electron chi connectivity index (χ2n) is 6.93. The molecule has 122 valence electrons. The van der Waals surface area contributed by atoms with Crippen LogP contribution >= 0.6 is 0 Å². The molecule has 0 saturated heterocycles. The summed E-state index contributed by atoms with van der Waals surface area (Å²) in [5.74, 6) is 0.900. The van der Waals surface area contributed by atoms with Crippen LogP contribution in [0, 0.1) is 5.92 Å². The molecule has 0 unspecified atom stereocenters. The number of rotatable bonds is 5. The van der Waals surface area contributed by atoms with Crippen LogP contribution in [-0.2, 0) is 24.4 Å². The molecular formula is C19H25N3O. The Balaban J connectivity index is 1.42. The van der Waals surface area contributed by atoms with E-state index in [0.717, 1.165) is 25.6 Å². The fraction of sp³-hybridized carbons (Fsp3) is 0.526. The van der Waals surface area contributed by atoms with E-state index in [-0.39, 0.29) is 6.10 Å². The molecule has 0 bridgehead atoms. The molecule has 2 aliphatic rings. The molecule has 3 heterocycles. The zero-order chi connectivity index (χ0) is 15.5. The van der Waals surface area contributed by atoms with Crippen molar-refractivity contribution in [2.75, 3.05) is 13.1 Å². The molecule has 1 atom stereocenters. The lowest BCUT2D eigenvalue weighted by Gasteiger charge is -2.32. The van der Waals surface area contributed by atoms with E-state index in [1.165, 1.54) is 37.1 Å². The average molecular weight is 311 g/mol. The molecule has 1 saturated carbocycles. The number of hydrogen-bond donors (Lipinski definition) is 0. The van der Waals surface area contributed by atoms with Crippen LogP contribution in [0.4, 0.5) is 0 Å². The number of nitrogens with zero attached hydrogens (tertiary/aromatic N) is 3. The third-order valence-corrected chi connectivity index (χ3v) is 5.15. The summed E-state index contributed by atoms with van der Waals surface area (Å²) in [6.45, 7) is 4.93. The van der Waals surface area contributed by atoms with Crippen LogP contribution in [0.15, 0.2) is 42.9 Å². The highest BCUT2D eigenvalue weighted by atomic mass is 16.5. The lowest BCUT2D eigenvalue weighted by molar-refractivity contribution is 0.00496. The van der Waals surface area contributed by atoms with Crippen LogP contribution in [0.2, 0.25) is 0 Å². The van der Waals surface area contributed by atoms with Gasteiger partial charge in [0.15, 0.2) is 0 Å². The van der Waals surface area contributed by atoms with Gasteiger partial charge in [0.05, 0.1) is 12.7 Å². The monoisotopic (exact) mass is 311 g/mol. The van der Waals surface area contributed by atoms with Crippen molar-refractivity contribution < 1.29 is 4.74 Å². The molecule has 0 spiro atoms. The van der Waals surface area contributed by atoms with Crippen LogP contribution < -0.4 is 0 Å². The number of pyridine rings is 1. The Bertz CT molecular complexity index is 621. The zero-order valence-corrected chi connectivity index (χ0v) is 13.6. The summed E-state index contributed by atoms with van der Waals surface area (Å²) >= 11 is 0. The first kappa shape index (κ1) is 14.9. The van der Waals surface area contributed by atoms with E-state index in [0.29, 0.717) is 6.61 Å². The minimum absolute atomic E-state index is 0.247. The van der Waals surface area contributed by atoms with Crippen LogP contribution in [0.25, 0.3) is 0 Å². The van der Waals surface area contributed by atoms with E-state index < -0.39 is 0 Å². The summed E-state index contributed by atoms with van der Waals surface area (Å²) in [6.07, 6.45) is 10.3. The molecule has 4 rings (SSSR count). The summed E-state index contributed by atoms with van der Waals surface area (Å²) in [5, 5.41) is 0. The first-order valence-corrected chi connectivity index (χ1v) is 8.74. The van der Waals surface area contributed by atoms with Gasteiger partial charge in [-0.3, -0.25) is 9.88 Å². The first-order chi connectivity index (χ1) is 11.4. The number of aromatic nitrogens is 2. The molecule has 0 amide bonds. The summed E-state index contributed by atoms with van der Waals surface area (Å²) in [7, 11) is 0. The molecule has 1 fully saturated rings. The molecule has 2 aromatic rings. The van der Waals surface area contributed by atoms with Crippen molar-refractivity contribution in [3.63, 3.8) is 0 Å². The molecule has 1 aliphatic heterocycles. The average Bonchev–Trinajstić information content (AvgIpc) is 2.89. The van der Waals surface area contributed by atoms with Crippen molar-refractivity contribution in [1.82, 2.24) is 14.5 Å². The van der Waals surface area contributed by atoms with Crippen molar-refractivity contribution >= 4 is 0 Å². The van der Waals surface area contributed by atoms with Crippen molar-refractivity contribution in [2.45, 2.75) is 45.1 Å². The first-order valence-electron chi connectivity index (χ1n) is 8.74. The van der Waals surface area contributed by atoms with Crippen LogP contribution in [0.3, 0.4) is 0 Å². The van der Waals surface area contributed by atoms with E-state index in [4.69, 9.17) is 4.74 Å². The molecule has 1 aliphatic carbocycles. The van der Waals surface area contributed by atoms with Gasteiger partial charge in [0.1, 0.15) is 0 Å². The van der Waals surface area contributed by atoms with Gasteiger partial charge >= 0.3 is 0 Å². The van der Waals surface area contributed by atoms with Gasteiger partial charge in [0, 0.05) is 50.5 Å². The molecule has 23 heavy (non-hydrogen) atoms. The van der Waals surface area contributed by atoms with E-state index in [1.807, 2.05) is 24.5 Å². The van der Waals surface area contributed by atoms with Gasteiger partial charge in [0.2, 0.25) is 0 Å². The maximum atomic E-state index is 6.25. The van der Waals surface area contributed by atoms with E-state index >= 15 is 0 Å². The van der Waals surface area contributed by atoms with Gasteiger partial charge in [0.25, 0.3) is 0 Å². The van der Waals surface area contributed by atoms with Crippen molar-refractivity contribution in [3.8, 4) is 0 Å². The Labute approximate surface area is 138 Å². The summed E-state index contributed by atoms with van der Waals surface area (Å²) in [6, 6.07) is 8.47. The van der Waals surface area contributed by atoms with E-state index in [9.17, 15) is 0 Å². The summed E-state index contributed by atoms with van der Waals surface area (Å²) < 4.78 is 8.61.